The highest BCUT2D eigenvalue weighted by Gasteiger charge is 2.10. The number of methoxy groups -OCH3 is 3. The van der Waals surface area contributed by atoms with Gasteiger partial charge in [-0.3, -0.25) is 0 Å². The molecule has 22 heavy (non-hydrogen) atoms. The van der Waals surface area contributed by atoms with E-state index in [2.05, 4.69) is 27.9 Å². The van der Waals surface area contributed by atoms with Gasteiger partial charge >= 0.3 is 0 Å². The van der Waals surface area contributed by atoms with Crippen LogP contribution in [0.2, 0.25) is 0 Å². The van der Waals surface area contributed by atoms with Gasteiger partial charge in [-0.05, 0) is 64.7 Å². The second-order valence-corrected chi connectivity index (χ2v) is 6.80. The van der Waals surface area contributed by atoms with Crippen LogP contribution in [0.25, 0.3) is 0 Å². The Morgan fingerprint density at radius 2 is 1.77 bits per heavy atom. The molecule has 0 bridgehead atoms. The number of benzene rings is 1. The van der Waals surface area contributed by atoms with Crippen LogP contribution in [-0.4, -0.2) is 27.9 Å². The SMILES string of the molecule is COc1cc(CCNCc2sccc2OC)c(OC)cc1I. The summed E-state index contributed by atoms with van der Waals surface area (Å²) in [5.41, 5.74) is 1.14. The largest absolute Gasteiger partial charge is 0.496 e. The van der Waals surface area contributed by atoms with E-state index in [1.54, 1.807) is 32.7 Å². The second-order valence-electron chi connectivity index (χ2n) is 4.64. The molecule has 2 aromatic rings. The van der Waals surface area contributed by atoms with Crippen LogP contribution in [-0.2, 0) is 13.0 Å². The lowest BCUT2D eigenvalue weighted by Crippen LogP contribution is -2.16. The highest BCUT2D eigenvalue weighted by Crippen LogP contribution is 2.30. The molecule has 6 heteroatoms. The molecule has 4 nitrogen and oxygen atoms in total. The molecule has 0 atom stereocenters. The molecule has 0 aliphatic rings. The Morgan fingerprint density at radius 3 is 2.45 bits per heavy atom. The van der Waals surface area contributed by atoms with Crippen LogP contribution in [0.1, 0.15) is 10.4 Å². The van der Waals surface area contributed by atoms with E-state index in [1.165, 1.54) is 4.88 Å². The number of thiophene rings is 1. The van der Waals surface area contributed by atoms with Crippen LogP contribution in [0, 0.1) is 3.57 Å². The number of hydrogen-bond donors (Lipinski definition) is 1. The molecule has 1 aromatic heterocycles. The zero-order valence-electron chi connectivity index (χ0n) is 12.9. The fourth-order valence-corrected chi connectivity index (χ4v) is 3.65. The molecule has 0 unspecified atom stereocenters. The first-order valence-electron chi connectivity index (χ1n) is 6.91. The van der Waals surface area contributed by atoms with Gasteiger partial charge in [-0.25, -0.2) is 0 Å². The molecule has 0 amide bonds. The predicted octanol–water partition coefficient (Wildman–Crippen LogP) is 3.71. The Hall–Kier alpha value is -0.990. The van der Waals surface area contributed by atoms with Crippen molar-refractivity contribution in [3.8, 4) is 17.2 Å². The van der Waals surface area contributed by atoms with Crippen molar-refractivity contribution in [1.29, 1.82) is 0 Å². The molecule has 1 N–H and O–H groups in total. The van der Waals surface area contributed by atoms with Gasteiger partial charge in [-0.2, -0.15) is 0 Å². The van der Waals surface area contributed by atoms with E-state index in [1.807, 2.05) is 23.6 Å². The van der Waals surface area contributed by atoms with Crippen LogP contribution in [0.3, 0.4) is 0 Å². The average molecular weight is 433 g/mol. The average Bonchev–Trinajstić information content (AvgIpc) is 2.99. The first kappa shape index (κ1) is 17.4. The lowest BCUT2D eigenvalue weighted by atomic mass is 10.1. The first-order chi connectivity index (χ1) is 10.7. The lowest BCUT2D eigenvalue weighted by Gasteiger charge is -2.12. The van der Waals surface area contributed by atoms with E-state index < -0.39 is 0 Å². The Bertz CT molecular complexity index is 615. The molecule has 0 fully saturated rings. The summed E-state index contributed by atoms with van der Waals surface area (Å²) in [5, 5.41) is 5.49. The number of nitrogens with one attached hydrogen (secondary N) is 1. The van der Waals surface area contributed by atoms with Crippen LogP contribution >= 0.6 is 33.9 Å². The van der Waals surface area contributed by atoms with Crippen molar-refractivity contribution in [2.75, 3.05) is 27.9 Å². The summed E-state index contributed by atoms with van der Waals surface area (Å²) >= 11 is 3.96. The van der Waals surface area contributed by atoms with Crippen LogP contribution in [0.5, 0.6) is 17.2 Å². The second kappa shape index (κ2) is 8.59. The summed E-state index contributed by atoms with van der Waals surface area (Å²) in [5.74, 6) is 2.74. The zero-order valence-corrected chi connectivity index (χ0v) is 15.9. The van der Waals surface area contributed by atoms with E-state index in [0.29, 0.717) is 0 Å². The van der Waals surface area contributed by atoms with Crippen LogP contribution in [0.4, 0.5) is 0 Å². The maximum absolute atomic E-state index is 5.46. The van der Waals surface area contributed by atoms with Crippen molar-refractivity contribution >= 4 is 33.9 Å². The molecule has 0 radical (unpaired) electrons. The molecular formula is C16H20INO3S. The van der Waals surface area contributed by atoms with E-state index in [4.69, 9.17) is 14.2 Å². The van der Waals surface area contributed by atoms with E-state index >= 15 is 0 Å². The minimum atomic E-state index is 0.810. The molecule has 0 saturated heterocycles. The summed E-state index contributed by atoms with van der Waals surface area (Å²) < 4.78 is 17.2. The molecule has 0 saturated carbocycles. The minimum absolute atomic E-state index is 0.810. The Balaban J connectivity index is 1.94. The normalized spacial score (nSPS) is 10.5. The van der Waals surface area contributed by atoms with Crippen molar-refractivity contribution in [3.05, 3.63) is 37.6 Å². The quantitative estimate of drug-likeness (QED) is 0.509. The minimum Gasteiger partial charge on any atom is -0.496 e. The molecule has 0 aliphatic carbocycles. The summed E-state index contributed by atoms with van der Waals surface area (Å²) in [6.07, 6.45) is 0.879. The standard InChI is InChI=1S/C16H20INO3S/c1-19-13-5-7-22-16(13)10-18-6-4-11-8-15(21-3)12(17)9-14(11)20-2/h5,7-9,18H,4,6,10H2,1-3H3. The molecule has 1 heterocycles. The molecule has 0 spiro atoms. The molecular weight excluding hydrogens is 413 g/mol. The van der Waals surface area contributed by atoms with Gasteiger partial charge in [0.15, 0.2) is 0 Å². The van der Waals surface area contributed by atoms with E-state index in [-0.39, 0.29) is 0 Å². The smallest absolute Gasteiger partial charge is 0.134 e. The predicted molar refractivity (Wildman–Crippen MR) is 98.5 cm³/mol. The van der Waals surface area contributed by atoms with Gasteiger partial charge in [-0.15, -0.1) is 11.3 Å². The third-order valence-corrected chi connectivity index (χ3v) is 5.08. The summed E-state index contributed by atoms with van der Waals surface area (Å²) in [7, 11) is 5.09. The number of hydrogen-bond acceptors (Lipinski definition) is 5. The van der Waals surface area contributed by atoms with E-state index in [0.717, 1.165) is 45.9 Å². The van der Waals surface area contributed by atoms with Gasteiger partial charge < -0.3 is 19.5 Å². The van der Waals surface area contributed by atoms with Crippen molar-refractivity contribution < 1.29 is 14.2 Å². The topological polar surface area (TPSA) is 39.7 Å². The third-order valence-electron chi connectivity index (χ3n) is 3.34. The fraction of sp³-hybridized carbons (Fsp3) is 0.375. The fourth-order valence-electron chi connectivity index (χ4n) is 2.18. The summed E-state index contributed by atoms with van der Waals surface area (Å²) in [6, 6.07) is 6.06. The maximum atomic E-state index is 5.46. The Morgan fingerprint density at radius 1 is 1.05 bits per heavy atom. The number of halogens is 1. The lowest BCUT2D eigenvalue weighted by molar-refractivity contribution is 0.395. The van der Waals surface area contributed by atoms with Gasteiger partial charge in [0, 0.05) is 6.54 Å². The van der Waals surface area contributed by atoms with Gasteiger partial charge in [0.2, 0.25) is 0 Å². The maximum Gasteiger partial charge on any atom is 0.134 e. The molecule has 0 aliphatic heterocycles. The van der Waals surface area contributed by atoms with Gasteiger partial charge in [0.05, 0.1) is 29.8 Å². The first-order valence-corrected chi connectivity index (χ1v) is 8.87. The van der Waals surface area contributed by atoms with E-state index in [9.17, 15) is 0 Å². The monoisotopic (exact) mass is 433 g/mol. The van der Waals surface area contributed by atoms with Gasteiger partial charge in [-0.1, -0.05) is 0 Å². The number of rotatable bonds is 8. The van der Waals surface area contributed by atoms with Crippen LogP contribution in [0.15, 0.2) is 23.6 Å². The van der Waals surface area contributed by atoms with Crippen molar-refractivity contribution in [3.63, 3.8) is 0 Å². The molecule has 2 rings (SSSR count). The van der Waals surface area contributed by atoms with Crippen molar-refractivity contribution in [2.24, 2.45) is 0 Å². The van der Waals surface area contributed by atoms with Crippen molar-refractivity contribution in [1.82, 2.24) is 5.32 Å². The molecule has 120 valence electrons. The third kappa shape index (κ3) is 4.27. The Kier molecular flexibility index (Phi) is 6.78. The highest BCUT2D eigenvalue weighted by molar-refractivity contribution is 14.1. The van der Waals surface area contributed by atoms with Crippen LogP contribution < -0.4 is 19.5 Å². The zero-order chi connectivity index (χ0) is 15.9. The van der Waals surface area contributed by atoms with Crippen molar-refractivity contribution in [2.45, 2.75) is 13.0 Å². The summed E-state index contributed by atoms with van der Waals surface area (Å²) in [4.78, 5) is 1.22. The molecule has 1 aromatic carbocycles. The van der Waals surface area contributed by atoms with Gasteiger partial charge in [0.25, 0.3) is 0 Å². The highest BCUT2D eigenvalue weighted by atomic mass is 127. The number of ether oxygens (including phenoxy) is 3. The van der Waals surface area contributed by atoms with Gasteiger partial charge in [0.1, 0.15) is 17.2 Å². The summed E-state index contributed by atoms with van der Waals surface area (Å²) in [6.45, 7) is 1.67. The Labute approximate surface area is 148 Å².